The van der Waals surface area contributed by atoms with Crippen molar-refractivity contribution in [1.29, 1.82) is 0 Å². The van der Waals surface area contributed by atoms with Gasteiger partial charge in [0.2, 0.25) is 0 Å². The van der Waals surface area contributed by atoms with Crippen molar-refractivity contribution in [2.24, 2.45) is 4.99 Å². The van der Waals surface area contributed by atoms with E-state index in [1.54, 1.807) is 18.3 Å². The molecule has 4 nitrogen and oxygen atoms in total. The van der Waals surface area contributed by atoms with Gasteiger partial charge in [-0.15, -0.1) is 0 Å². The summed E-state index contributed by atoms with van der Waals surface area (Å²) < 4.78 is 0.997. The number of aliphatic imine (C=N–C) groups is 1. The summed E-state index contributed by atoms with van der Waals surface area (Å²) in [4.78, 5) is 14.3. The average Bonchev–Trinajstić information content (AvgIpc) is 2.38. The third kappa shape index (κ3) is 3.24. The second-order valence-electron chi connectivity index (χ2n) is 3.58. The quantitative estimate of drug-likeness (QED) is 0.487. The molecule has 0 N–H and O–H groups in total. The van der Waals surface area contributed by atoms with Crippen LogP contribution in [0, 0.1) is 10.1 Å². The molecule has 0 amide bonds. The lowest BCUT2D eigenvalue weighted by atomic mass is 10.2. The Morgan fingerprint density at radius 1 is 1.06 bits per heavy atom. The van der Waals surface area contributed by atoms with Gasteiger partial charge in [0, 0.05) is 22.8 Å². The lowest BCUT2D eigenvalue weighted by molar-refractivity contribution is -0.384. The number of hydrogen-bond donors (Lipinski definition) is 0. The maximum Gasteiger partial charge on any atom is 0.269 e. The number of rotatable bonds is 3. The Kier molecular flexibility index (Phi) is 3.84. The Labute approximate surface area is 112 Å². The van der Waals surface area contributed by atoms with Crippen molar-refractivity contribution in [3.63, 3.8) is 0 Å². The van der Waals surface area contributed by atoms with Crippen LogP contribution in [-0.4, -0.2) is 11.1 Å². The zero-order valence-corrected chi connectivity index (χ0v) is 10.9. The van der Waals surface area contributed by atoms with Gasteiger partial charge < -0.3 is 0 Å². The molecule has 2 rings (SSSR count). The van der Waals surface area contributed by atoms with Crippen molar-refractivity contribution in [3.05, 3.63) is 68.7 Å². The van der Waals surface area contributed by atoms with Gasteiger partial charge in [-0.2, -0.15) is 0 Å². The van der Waals surface area contributed by atoms with Crippen molar-refractivity contribution in [3.8, 4) is 0 Å². The molecule has 0 atom stereocenters. The van der Waals surface area contributed by atoms with Gasteiger partial charge in [0.15, 0.2) is 0 Å². The predicted molar refractivity (Wildman–Crippen MR) is 74.5 cm³/mol. The third-order valence-corrected chi connectivity index (χ3v) is 2.82. The number of nitro groups is 1. The summed E-state index contributed by atoms with van der Waals surface area (Å²) in [6.45, 7) is 0. The van der Waals surface area contributed by atoms with E-state index >= 15 is 0 Å². The number of non-ortho nitro benzene ring substituents is 1. The lowest BCUT2D eigenvalue weighted by Crippen LogP contribution is -1.88. The minimum atomic E-state index is -0.421. The number of nitro benzene ring substituents is 1. The van der Waals surface area contributed by atoms with Crippen molar-refractivity contribution in [2.45, 2.75) is 0 Å². The van der Waals surface area contributed by atoms with E-state index in [-0.39, 0.29) is 5.69 Å². The highest BCUT2D eigenvalue weighted by atomic mass is 79.9. The molecule has 18 heavy (non-hydrogen) atoms. The van der Waals surface area contributed by atoms with Gasteiger partial charge in [0.05, 0.1) is 10.6 Å². The zero-order chi connectivity index (χ0) is 13.0. The van der Waals surface area contributed by atoms with Gasteiger partial charge in [0.1, 0.15) is 0 Å². The summed E-state index contributed by atoms with van der Waals surface area (Å²) in [6.07, 6.45) is 1.67. The standard InChI is InChI=1S/C13H9BrN2O2/c14-11-3-5-12(6-4-11)15-9-10-1-7-13(8-2-10)16(17)18/h1-9H. The maximum atomic E-state index is 10.5. The first-order chi connectivity index (χ1) is 8.65. The number of nitrogens with zero attached hydrogens (tertiary/aromatic N) is 2. The normalized spacial score (nSPS) is 10.7. The van der Waals surface area contributed by atoms with Crippen LogP contribution in [0.4, 0.5) is 11.4 Å². The van der Waals surface area contributed by atoms with Gasteiger partial charge in [0.25, 0.3) is 5.69 Å². The van der Waals surface area contributed by atoms with Crippen molar-refractivity contribution >= 4 is 33.5 Å². The molecule has 90 valence electrons. The van der Waals surface area contributed by atoms with Gasteiger partial charge in [-0.3, -0.25) is 15.1 Å². The topological polar surface area (TPSA) is 55.5 Å². The van der Waals surface area contributed by atoms with E-state index in [1.807, 2.05) is 24.3 Å². The SMILES string of the molecule is O=[N+]([O-])c1ccc(C=Nc2ccc(Br)cc2)cc1. The summed E-state index contributed by atoms with van der Waals surface area (Å²) in [5, 5.41) is 10.5. The van der Waals surface area contributed by atoms with Gasteiger partial charge >= 0.3 is 0 Å². The molecule has 2 aromatic rings. The van der Waals surface area contributed by atoms with E-state index in [9.17, 15) is 10.1 Å². The molecule has 0 unspecified atom stereocenters. The van der Waals surface area contributed by atoms with E-state index in [2.05, 4.69) is 20.9 Å². The molecule has 0 fully saturated rings. The molecular formula is C13H9BrN2O2. The third-order valence-electron chi connectivity index (χ3n) is 2.29. The van der Waals surface area contributed by atoms with E-state index in [4.69, 9.17) is 0 Å². The second-order valence-corrected chi connectivity index (χ2v) is 4.50. The van der Waals surface area contributed by atoms with Gasteiger partial charge in [-0.1, -0.05) is 15.9 Å². The zero-order valence-electron chi connectivity index (χ0n) is 9.29. The van der Waals surface area contributed by atoms with Gasteiger partial charge in [-0.05, 0) is 42.0 Å². The Hall–Kier alpha value is -2.01. The van der Waals surface area contributed by atoms with Crippen LogP contribution < -0.4 is 0 Å². The summed E-state index contributed by atoms with van der Waals surface area (Å²) in [6, 6.07) is 13.8. The largest absolute Gasteiger partial charge is 0.269 e. The molecule has 0 aliphatic carbocycles. The molecule has 0 saturated heterocycles. The van der Waals surface area contributed by atoms with Crippen molar-refractivity contribution in [1.82, 2.24) is 0 Å². The highest BCUT2D eigenvalue weighted by Crippen LogP contribution is 2.17. The molecule has 0 bridgehead atoms. The van der Waals surface area contributed by atoms with E-state index in [1.165, 1.54) is 12.1 Å². The van der Waals surface area contributed by atoms with Crippen LogP contribution >= 0.6 is 15.9 Å². The monoisotopic (exact) mass is 304 g/mol. The molecule has 0 heterocycles. The molecule has 5 heteroatoms. The molecular weight excluding hydrogens is 296 g/mol. The maximum absolute atomic E-state index is 10.5. The smallest absolute Gasteiger partial charge is 0.258 e. The fraction of sp³-hybridized carbons (Fsp3) is 0. The van der Waals surface area contributed by atoms with Crippen LogP contribution in [0.15, 0.2) is 58.0 Å². The molecule has 0 spiro atoms. The van der Waals surface area contributed by atoms with E-state index in [0.717, 1.165) is 15.7 Å². The van der Waals surface area contributed by atoms with Crippen LogP contribution in [0.2, 0.25) is 0 Å². The van der Waals surface area contributed by atoms with Gasteiger partial charge in [-0.25, -0.2) is 0 Å². The lowest BCUT2D eigenvalue weighted by Gasteiger charge is -1.95. The van der Waals surface area contributed by atoms with Crippen molar-refractivity contribution in [2.75, 3.05) is 0 Å². The highest BCUT2D eigenvalue weighted by molar-refractivity contribution is 9.10. The number of halogens is 1. The molecule has 0 saturated carbocycles. The molecule has 0 radical (unpaired) electrons. The fourth-order valence-corrected chi connectivity index (χ4v) is 1.62. The first kappa shape index (κ1) is 12.4. The summed E-state index contributed by atoms with van der Waals surface area (Å²) in [5.41, 5.74) is 1.73. The molecule has 0 aromatic heterocycles. The summed E-state index contributed by atoms with van der Waals surface area (Å²) in [7, 11) is 0. The predicted octanol–water partition coefficient (Wildman–Crippen LogP) is 4.11. The average molecular weight is 305 g/mol. The molecule has 2 aromatic carbocycles. The fourth-order valence-electron chi connectivity index (χ4n) is 1.36. The minimum Gasteiger partial charge on any atom is -0.258 e. The first-order valence-corrected chi connectivity index (χ1v) is 5.98. The summed E-state index contributed by atoms with van der Waals surface area (Å²) >= 11 is 3.35. The van der Waals surface area contributed by atoms with Crippen LogP contribution in [0.3, 0.4) is 0 Å². The number of benzene rings is 2. The minimum absolute atomic E-state index is 0.0794. The number of hydrogen-bond acceptors (Lipinski definition) is 3. The second kappa shape index (κ2) is 5.55. The molecule has 0 aliphatic heterocycles. The Morgan fingerprint density at radius 2 is 1.67 bits per heavy atom. The molecule has 0 aliphatic rings. The van der Waals surface area contributed by atoms with Crippen LogP contribution in [0.5, 0.6) is 0 Å². The Bertz CT molecular complexity index is 577. The van der Waals surface area contributed by atoms with Crippen LogP contribution in [0.25, 0.3) is 0 Å². The van der Waals surface area contributed by atoms with Crippen LogP contribution in [-0.2, 0) is 0 Å². The summed E-state index contributed by atoms with van der Waals surface area (Å²) in [5.74, 6) is 0. The highest BCUT2D eigenvalue weighted by Gasteiger charge is 2.02. The Morgan fingerprint density at radius 3 is 2.22 bits per heavy atom. The van der Waals surface area contributed by atoms with Crippen molar-refractivity contribution < 1.29 is 4.92 Å². The van der Waals surface area contributed by atoms with Crippen LogP contribution in [0.1, 0.15) is 5.56 Å². The Balaban J connectivity index is 2.13. The first-order valence-electron chi connectivity index (χ1n) is 5.19. The van der Waals surface area contributed by atoms with E-state index < -0.39 is 4.92 Å². The van der Waals surface area contributed by atoms with E-state index in [0.29, 0.717) is 0 Å².